The Morgan fingerprint density at radius 1 is 1.11 bits per heavy atom. The minimum absolute atomic E-state index is 0.0583. The average molecular weight is 520 g/mol. The minimum atomic E-state index is -3.70. The van der Waals surface area contributed by atoms with Crippen LogP contribution in [0, 0.1) is 24.0 Å². The number of carbonyl (C=O) groups is 1. The second kappa shape index (κ2) is 11.7. The third-order valence-corrected chi connectivity index (χ3v) is 8.34. The maximum Gasteiger partial charge on any atom is 0.279 e. The molecule has 1 aromatic heterocycles. The summed E-state index contributed by atoms with van der Waals surface area (Å²) < 4.78 is 57.4. The summed E-state index contributed by atoms with van der Waals surface area (Å²) in [7, 11) is -3.70. The molecule has 0 spiro atoms. The highest BCUT2D eigenvalue weighted by atomic mass is 32.2. The quantitative estimate of drug-likeness (QED) is 0.356. The second-order valence-corrected chi connectivity index (χ2v) is 10.9. The van der Waals surface area contributed by atoms with Crippen LogP contribution in [0.4, 0.5) is 8.78 Å². The van der Waals surface area contributed by atoms with Gasteiger partial charge in [0, 0.05) is 24.7 Å². The normalized spacial score (nSPS) is 12.4. The molecule has 3 rings (SSSR count). The lowest BCUT2D eigenvalue weighted by molar-refractivity contribution is 0.0997. The Morgan fingerprint density at radius 3 is 2.31 bits per heavy atom. The highest BCUT2D eigenvalue weighted by molar-refractivity contribution is 7.89. The van der Waals surface area contributed by atoms with E-state index in [9.17, 15) is 22.0 Å². The number of rotatable bonds is 10. The van der Waals surface area contributed by atoms with Gasteiger partial charge in [-0.3, -0.25) is 4.79 Å². The van der Waals surface area contributed by atoms with Crippen molar-refractivity contribution in [1.29, 1.82) is 0 Å². The Labute approximate surface area is 208 Å². The standard InChI is InChI=1S/C25H27F2N3O3S2/c1-4-7-14-29(15-8-5-2)35(32,33)20-11-9-18(10-12-20)24(31)28-25-30(13-6-3)23-21(27)16-19(26)17-22(23)34-25/h3,9-12,16-17H,4-5,7-8,13-15H2,1-2H3. The van der Waals surface area contributed by atoms with Crippen LogP contribution in [-0.2, 0) is 16.6 Å². The van der Waals surface area contributed by atoms with Crippen molar-refractivity contribution in [2.75, 3.05) is 13.1 Å². The summed E-state index contributed by atoms with van der Waals surface area (Å²) in [5.74, 6) is 0.191. The molecule has 10 heteroatoms. The van der Waals surface area contributed by atoms with Gasteiger partial charge in [0.15, 0.2) is 10.6 Å². The van der Waals surface area contributed by atoms with Crippen LogP contribution in [0.25, 0.3) is 10.2 Å². The number of fused-ring (bicyclic) bond motifs is 1. The van der Waals surface area contributed by atoms with E-state index in [0.29, 0.717) is 13.1 Å². The van der Waals surface area contributed by atoms with Gasteiger partial charge in [0.25, 0.3) is 5.91 Å². The Kier molecular flexibility index (Phi) is 8.94. The Hall–Kier alpha value is -2.87. The predicted molar refractivity (Wildman–Crippen MR) is 133 cm³/mol. The molecule has 0 N–H and O–H groups in total. The predicted octanol–water partition coefficient (Wildman–Crippen LogP) is 4.95. The first kappa shape index (κ1) is 26.7. The number of halogens is 2. The molecule has 0 aliphatic carbocycles. The van der Waals surface area contributed by atoms with Crippen LogP contribution in [0.1, 0.15) is 49.9 Å². The van der Waals surface area contributed by atoms with Crippen LogP contribution in [0.15, 0.2) is 46.3 Å². The molecular formula is C25H27F2N3O3S2. The molecule has 6 nitrogen and oxygen atoms in total. The molecule has 0 aliphatic rings. The number of thiazole rings is 1. The second-order valence-electron chi connectivity index (χ2n) is 7.96. The van der Waals surface area contributed by atoms with Gasteiger partial charge < -0.3 is 4.57 Å². The van der Waals surface area contributed by atoms with Crippen LogP contribution < -0.4 is 4.80 Å². The molecule has 186 valence electrons. The molecule has 0 fully saturated rings. The van der Waals surface area contributed by atoms with Gasteiger partial charge in [-0.05, 0) is 43.2 Å². The molecule has 0 saturated carbocycles. The average Bonchev–Trinajstić information content (AvgIpc) is 3.16. The van der Waals surface area contributed by atoms with Gasteiger partial charge in [-0.15, -0.1) is 6.42 Å². The third kappa shape index (κ3) is 6.04. The van der Waals surface area contributed by atoms with Crippen LogP contribution >= 0.6 is 11.3 Å². The first-order valence-electron chi connectivity index (χ1n) is 11.3. The summed E-state index contributed by atoms with van der Waals surface area (Å²) >= 11 is 0.939. The molecular weight excluding hydrogens is 492 g/mol. The van der Waals surface area contributed by atoms with E-state index in [1.807, 2.05) is 13.8 Å². The zero-order valence-electron chi connectivity index (χ0n) is 19.6. The molecule has 35 heavy (non-hydrogen) atoms. The van der Waals surface area contributed by atoms with Crippen LogP contribution in [0.3, 0.4) is 0 Å². The lowest BCUT2D eigenvalue weighted by Crippen LogP contribution is -2.33. The van der Waals surface area contributed by atoms with Crippen molar-refractivity contribution in [3.63, 3.8) is 0 Å². The van der Waals surface area contributed by atoms with Gasteiger partial charge in [0.2, 0.25) is 10.0 Å². The number of carbonyl (C=O) groups excluding carboxylic acids is 1. The topological polar surface area (TPSA) is 71.7 Å². The van der Waals surface area contributed by atoms with Crippen LogP contribution in [0.5, 0.6) is 0 Å². The van der Waals surface area contributed by atoms with Gasteiger partial charge >= 0.3 is 0 Å². The van der Waals surface area contributed by atoms with E-state index < -0.39 is 27.6 Å². The number of hydrogen-bond acceptors (Lipinski definition) is 4. The number of unbranched alkanes of at least 4 members (excludes halogenated alkanes) is 2. The van der Waals surface area contributed by atoms with Gasteiger partial charge in [0.1, 0.15) is 5.82 Å². The Bertz CT molecular complexity index is 1410. The molecule has 0 radical (unpaired) electrons. The van der Waals surface area contributed by atoms with E-state index in [1.54, 1.807) is 0 Å². The summed E-state index contributed by atoms with van der Waals surface area (Å²) in [6.07, 6.45) is 8.67. The molecule has 1 heterocycles. The molecule has 0 atom stereocenters. The fourth-order valence-corrected chi connectivity index (χ4v) is 6.13. The highest BCUT2D eigenvalue weighted by Crippen LogP contribution is 2.23. The summed E-state index contributed by atoms with van der Waals surface area (Å²) in [4.78, 5) is 17.1. The zero-order chi connectivity index (χ0) is 25.6. The molecule has 1 amide bonds. The van der Waals surface area contributed by atoms with E-state index in [-0.39, 0.29) is 32.0 Å². The number of terminal acetylenes is 1. The van der Waals surface area contributed by atoms with E-state index in [1.165, 1.54) is 33.1 Å². The molecule has 3 aromatic rings. The van der Waals surface area contributed by atoms with Crippen molar-refractivity contribution in [2.45, 2.75) is 51.0 Å². The first-order valence-corrected chi connectivity index (χ1v) is 13.6. The van der Waals surface area contributed by atoms with E-state index in [4.69, 9.17) is 6.42 Å². The van der Waals surface area contributed by atoms with Crippen molar-refractivity contribution >= 4 is 37.5 Å². The summed E-state index contributed by atoms with van der Waals surface area (Å²) in [6, 6.07) is 7.47. The number of aromatic nitrogens is 1. The largest absolute Gasteiger partial charge is 0.302 e. The number of sulfonamides is 1. The maximum absolute atomic E-state index is 14.4. The van der Waals surface area contributed by atoms with Crippen LogP contribution in [0.2, 0.25) is 0 Å². The lowest BCUT2D eigenvalue weighted by Gasteiger charge is -2.22. The Morgan fingerprint density at radius 2 is 1.74 bits per heavy atom. The van der Waals surface area contributed by atoms with Crippen molar-refractivity contribution in [1.82, 2.24) is 8.87 Å². The Balaban J connectivity index is 1.95. The van der Waals surface area contributed by atoms with E-state index >= 15 is 0 Å². The van der Waals surface area contributed by atoms with Gasteiger partial charge in [-0.1, -0.05) is 43.9 Å². The first-order chi connectivity index (χ1) is 16.7. The fourth-order valence-electron chi connectivity index (χ4n) is 3.54. The monoisotopic (exact) mass is 519 g/mol. The maximum atomic E-state index is 14.4. The van der Waals surface area contributed by atoms with E-state index in [0.717, 1.165) is 49.2 Å². The molecule has 0 bridgehead atoms. The third-order valence-electron chi connectivity index (χ3n) is 5.40. The zero-order valence-corrected chi connectivity index (χ0v) is 21.3. The summed E-state index contributed by atoms with van der Waals surface area (Å²) in [6.45, 7) is 4.82. The molecule has 0 unspecified atom stereocenters. The SMILES string of the molecule is C#CCn1c(=NC(=O)c2ccc(S(=O)(=O)N(CCCC)CCCC)cc2)sc2cc(F)cc(F)c21. The summed E-state index contributed by atoms with van der Waals surface area (Å²) in [5.41, 5.74) is 0.232. The van der Waals surface area contributed by atoms with Crippen molar-refractivity contribution in [2.24, 2.45) is 4.99 Å². The minimum Gasteiger partial charge on any atom is -0.302 e. The highest BCUT2D eigenvalue weighted by Gasteiger charge is 2.24. The molecule has 0 saturated heterocycles. The number of hydrogen-bond donors (Lipinski definition) is 0. The smallest absolute Gasteiger partial charge is 0.279 e. The van der Waals surface area contributed by atoms with Crippen LogP contribution in [-0.4, -0.2) is 36.3 Å². The molecule has 2 aromatic carbocycles. The van der Waals surface area contributed by atoms with Gasteiger partial charge in [-0.25, -0.2) is 17.2 Å². The number of benzene rings is 2. The van der Waals surface area contributed by atoms with E-state index in [2.05, 4.69) is 10.9 Å². The van der Waals surface area contributed by atoms with Gasteiger partial charge in [-0.2, -0.15) is 9.30 Å². The van der Waals surface area contributed by atoms with Crippen molar-refractivity contribution in [3.05, 3.63) is 58.4 Å². The fraction of sp³-hybridized carbons (Fsp3) is 0.360. The van der Waals surface area contributed by atoms with Crippen molar-refractivity contribution in [3.8, 4) is 12.3 Å². The summed E-state index contributed by atoms with van der Waals surface area (Å²) in [5, 5.41) is 0. The van der Waals surface area contributed by atoms with Gasteiger partial charge in [0.05, 0.1) is 21.7 Å². The number of nitrogens with zero attached hydrogens (tertiary/aromatic N) is 3. The molecule has 0 aliphatic heterocycles. The van der Waals surface area contributed by atoms with Crippen molar-refractivity contribution < 1.29 is 22.0 Å². The number of amides is 1. The lowest BCUT2D eigenvalue weighted by atomic mass is 10.2.